The summed E-state index contributed by atoms with van der Waals surface area (Å²) >= 11 is 1.25. The number of aromatic nitrogens is 3. The quantitative estimate of drug-likeness (QED) is 0.206. The van der Waals surface area contributed by atoms with Gasteiger partial charge < -0.3 is 14.6 Å². The van der Waals surface area contributed by atoms with Gasteiger partial charge in [0.05, 0.1) is 45.8 Å². The van der Waals surface area contributed by atoms with E-state index in [0.717, 1.165) is 10.4 Å². The number of carbonyl (C=O) groups is 2. The zero-order valence-corrected chi connectivity index (χ0v) is 25.3. The van der Waals surface area contributed by atoms with E-state index in [2.05, 4.69) is 22.4 Å². The number of imidazole rings is 1. The fourth-order valence-electron chi connectivity index (χ4n) is 5.01. The highest BCUT2D eigenvalue weighted by atomic mass is 32.1. The monoisotopic (exact) mass is 623 g/mol. The lowest BCUT2D eigenvalue weighted by molar-refractivity contribution is 0.0991. The van der Waals surface area contributed by atoms with Gasteiger partial charge in [-0.3, -0.25) is 19.9 Å². The lowest BCUT2D eigenvalue weighted by Gasteiger charge is -2.18. The summed E-state index contributed by atoms with van der Waals surface area (Å²) in [7, 11) is 1.64. The Morgan fingerprint density at radius 1 is 0.957 bits per heavy atom. The van der Waals surface area contributed by atoms with Gasteiger partial charge in [-0.1, -0.05) is 36.4 Å². The zero-order valence-electron chi connectivity index (χ0n) is 24.5. The van der Waals surface area contributed by atoms with Crippen LogP contribution in [0.5, 0.6) is 0 Å². The Kier molecular flexibility index (Phi) is 8.35. The topological polar surface area (TPSA) is 148 Å². The number of carbonyl (C=O) groups excluding carboxylic acids is 2. The van der Waals surface area contributed by atoms with Crippen molar-refractivity contribution in [2.45, 2.75) is 12.6 Å². The van der Waals surface area contributed by atoms with Crippen molar-refractivity contribution in [2.75, 3.05) is 17.3 Å². The van der Waals surface area contributed by atoms with Gasteiger partial charge in [-0.05, 0) is 60.2 Å². The van der Waals surface area contributed by atoms with E-state index in [9.17, 15) is 25.2 Å². The molecule has 0 radical (unpaired) electrons. The van der Waals surface area contributed by atoms with Crippen LogP contribution < -0.4 is 10.2 Å². The molecular weight excluding hydrogens is 598 g/mol. The molecule has 3 aromatic carbocycles. The lowest BCUT2D eigenvalue weighted by atomic mass is 10.1. The van der Waals surface area contributed by atoms with E-state index in [4.69, 9.17) is 4.98 Å². The van der Waals surface area contributed by atoms with Crippen molar-refractivity contribution in [3.63, 3.8) is 0 Å². The van der Waals surface area contributed by atoms with Gasteiger partial charge >= 0.3 is 0 Å². The highest BCUT2D eigenvalue weighted by Gasteiger charge is 2.21. The summed E-state index contributed by atoms with van der Waals surface area (Å²) < 4.78 is 1.74. The smallest absolute Gasteiger partial charge is 0.268 e. The van der Waals surface area contributed by atoms with Gasteiger partial charge in [-0.2, -0.15) is 10.5 Å². The lowest BCUT2D eigenvalue weighted by Crippen LogP contribution is -2.26. The van der Waals surface area contributed by atoms with Gasteiger partial charge in [0.15, 0.2) is 0 Å². The largest absolute Gasteiger partial charge is 0.387 e. The van der Waals surface area contributed by atoms with Gasteiger partial charge in [-0.25, -0.2) is 4.98 Å². The van der Waals surface area contributed by atoms with Crippen molar-refractivity contribution in [1.29, 1.82) is 10.5 Å². The van der Waals surface area contributed by atoms with Crippen molar-refractivity contribution in [3.8, 4) is 22.6 Å². The number of thiophene rings is 1. The number of nitrogens with one attached hydrogen (secondary N) is 1. The molecule has 0 unspecified atom stereocenters. The third kappa shape index (κ3) is 6.10. The average molecular weight is 624 g/mol. The molecule has 6 aromatic rings. The molecule has 11 heteroatoms. The van der Waals surface area contributed by atoms with Gasteiger partial charge in [0.2, 0.25) is 5.95 Å². The average Bonchev–Trinajstić information content (AvgIpc) is 3.73. The first-order chi connectivity index (χ1) is 22.3. The van der Waals surface area contributed by atoms with E-state index >= 15 is 0 Å². The van der Waals surface area contributed by atoms with E-state index in [1.165, 1.54) is 28.5 Å². The molecule has 0 aliphatic carbocycles. The van der Waals surface area contributed by atoms with Crippen LogP contribution in [0.15, 0.2) is 103 Å². The van der Waals surface area contributed by atoms with Crippen LogP contribution in [0, 0.1) is 22.7 Å². The fourth-order valence-corrected chi connectivity index (χ4v) is 5.89. The molecule has 0 spiro atoms. The molecule has 3 heterocycles. The number of hydrogen-bond donors (Lipinski definition) is 2. The molecule has 0 aliphatic rings. The predicted octanol–water partition coefficient (Wildman–Crippen LogP) is 6.17. The Labute approximate surface area is 268 Å². The number of aliphatic hydroxyl groups excluding tert-OH is 1. The Bertz CT molecular complexity index is 2180. The van der Waals surface area contributed by atoms with Crippen LogP contribution in [0.3, 0.4) is 0 Å². The number of aliphatic hydroxyl groups is 1. The number of nitrogens with zero attached hydrogens (tertiary/aromatic N) is 6. The first kappa shape index (κ1) is 29.9. The van der Waals surface area contributed by atoms with E-state index in [-0.39, 0.29) is 18.4 Å². The Balaban J connectivity index is 1.33. The number of nitriles is 2. The molecule has 0 aliphatic heterocycles. The first-order valence-electron chi connectivity index (χ1n) is 14.1. The molecule has 1 atom stereocenters. The second kappa shape index (κ2) is 12.8. The van der Waals surface area contributed by atoms with Gasteiger partial charge in [0, 0.05) is 41.1 Å². The van der Waals surface area contributed by atoms with Crippen LogP contribution in [-0.2, 0) is 6.54 Å². The maximum atomic E-state index is 13.5. The fraction of sp³-hybridized carbons (Fsp3) is 0.0857. The molecule has 224 valence electrons. The van der Waals surface area contributed by atoms with Crippen molar-refractivity contribution >= 4 is 45.8 Å². The molecule has 0 saturated heterocycles. The molecule has 2 N–H and O–H groups in total. The molecule has 0 saturated carbocycles. The number of fused-ring (bicyclic) bond motifs is 1. The minimum atomic E-state index is -0.890. The summed E-state index contributed by atoms with van der Waals surface area (Å²) in [6, 6.07) is 30.3. The van der Waals surface area contributed by atoms with Crippen molar-refractivity contribution < 1.29 is 14.7 Å². The zero-order chi connectivity index (χ0) is 32.2. The third-order valence-corrected chi connectivity index (χ3v) is 8.54. The second-order valence-corrected chi connectivity index (χ2v) is 11.5. The molecule has 10 nitrogen and oxygen atoms in total. The predicted molar refractivity (Wildman–Crippen MR) is 175 cm³/mol. The van der Waals surface area contributed by atoms with E-state index < -0.39 is 12.0 Å². The normalized spacial score (nSPS) is 11.4. The number of pyridine rings is 1. The number of rotatable bonds is 8. The van der Waals surface area contributed by atoms with E-state index in [0.29, 0.717) is 43.9 Å². The Hall–Kier alpha value is -6.14. The van der Waals surface area contributed by atoms with Gasteiger partial charge in [0.25, 0.3) is 11.8 Å². The summed E-state index contributed by atoms with van der Waals surface area (Å²) in [6.07, 6.45) is 2.22. The summed E-state index contributed by atoms with van der Waals surface area (Å²) in [5.41, 5.74) is 4.32. The molecular formula is C35H25N7O3S. The maximum absolute atomic E-state index is 13.5. The second-order valence-electron chi connectivity index (χ2n) is 10.4. The number of anilines is 2. The molecule has 6 rings (SSSR count). The van der Waals surface area contributed by atoms with Gasteiger partial charge in [-0.15, -0.1) is 11.3 Å². The third-order valence-electron chi connectivity index (χ3n) is 7.41. The maximum Gasteiger partial charge on any atom is 0.268 e. The minimum Gasteiger partial charge on any atom is -0.387 e. The number of hydrogen-bond acceptors (Lipinski definition) is 8. The van der Waals surface area contributed by atoms with Crippen LogP contribution in [-0.4, -0.2) is 38.5 Å². The molecule has 2 amide bonds. The highest BCUT2D eigenvalue weighted by Crippen LogP contribution is 2.31. The summed E-state index contributed by atoms with van der Waals surface area (Å²) in [4.78, 5) is 38.2. The van der Waals surface area contributed by atoms with Crippen molar-refractivity contribution in [3.05, 3.63) is 131 Å². The molecule has 3 aromatic heterocycles. The van der Waals surface area contributed by atoms with Crippen LogP contribution in [0.4, 0.5) is 11.6 Å². The summed E-state index contributed by atoms with van der Waals surface area (Å²) in [5.74, 6) is -0.463. The Morgan fingerprint density at radius 2 is 1.76 bits per heavy atom. The van der Waals surface area contributed by atoms with Crippen LogP contribution in [0.2, 0.25) is 0 Å². The molecule has 0 fully saturated rings. The van der Waals surface area contributed by atoms with E-state index in [1.54, 1.807) is 72.4 Å². The Morgan fingerprint density at radius 3 is 2.54 bits per heavy atom. The molecule has 0 bridgehead atoms. The standard InChI is InChI=1S/C35H25N7O3S/c1-41(34(45)25-9-5-6-22(14-25)17-36)27-10-11-29-28(16-27)39-35(42(29)21-30(43)24-7-3-2-4-8-24)40-33(44)32-13-12-31(46-32)26-15-23(18-37)19-38-20-26/h2-16,19-20,30,43H,21H2,1H3,(H,39,40,44)/t30-/m0/s1. The van der Waals surface area contributed by atoms with Crippen LogP contribution in [0.1, 0.15) is 42.8 Å². The van der Waals surface area contributed by atoms with Crippen molar-refractivity contribution in [2.24, 2.45) is 0 Å². The highest BCUT2D eigenvalue weighted by molar-refractivity contribution is 7.17. The number of benzene rings is 3. The summed E-state index contributed by atoms with van der Waals surface area (Å²) in [6.45, 7) is 0.105. The first-order valence-corrected chi connectivity index (χ1v) is 14.9. The van der Waals surface area contributed by atoms with Crippen molar-refractivity contribution in [1.82, 2.24) is 14.5 Å². The van der Waals surface area contributed by atoms with E-state index in [1.807, 2.05) is 30.3 Å². The molecule has 46 heavy (non-hydrogen) atoms. The van der Waals surface area contributed by atoms with Gasteiger partial charge in [0.1, 0.15) is 6.07 Å². The van der Waals surface area contributed by atoms with Crippen LogP contribution >= 0.6 is 11.3 Å². The van der Waals surface area contributed by atoms with Crippen LogP contribution in [0.25, 0.3) is 21.5 Å². The number of amides is 2. The minimum absolute atomic E-state index is 0.105. The SMILES string of the molecule is CN(C(=O)c1cccc(C#N)c1)c1ccc2c(c1)nc(NC(=O)c1ccc(-c3cncc(C#N)c3)s1)n2C[C@H](O)c1ccccc1. The summed E-state index contributed by atoms with van der Waals surface area (Å²) in [5, 5.41) is 32.5.